The fourth-order valence-corrected chi connectivity index (χ4v) is 2.55. The zero-order valence-corrected chi connectivity index (χ0v) is 11.9. The van der Waals surface area contributed by atoms with Crippen LogP contribution in [0.4, 0.5) is 0 Å². The molecule has 0 saturated heterocycles. The van der Waals surface area contributed by atoms with Crippen LogP contribution in [0.5, 0.6) is 0 Å². The van der Waals surface area contributed by atoms with Crippen molar-refractivity contribution in [1.82, 2.24) is 9.55 Å². The smallest absolute Gasteiger partial charge is 0.111 e. The van der Waals surface area contributed by atoms with Gasteiger partial charge in [-0.3, -0.25) is 0 Å². The maximum absolute atomic E-state index is 9.11. The average molecular weight is 281 g/mol. The number of nitrogens with two attached hydrogens (primary N) is 1. The Morgan fingerprint density at radius 2 is 1.71 bits per heavy atom. The Labute approximate surface area is 123 Å². The normalized spacial score (nSPS) is 11.1. The molecule has 3 aromatic rings. The third-order valence-electron chi connectivity index (χ3n) is 3.65. The first-order chi connectivity index (χ1) is 10.3. The van der Waals surface area contributed by atoms with Gasteiger partial charge < -0.3 is 15.4 Å². The number of hydrogen-bond acceptors (Lipinski definition) is 3. The molecule has 0 bridgehead atoms. The van der Waals surface area contributed by atoms with E-state index in [4.69, 9.17) is 10.8 Å². The number of para-hydroxylation sites is 2. The summed E-state index contributed by atoms with van der Waals surface area (Å²) in [5.74, 6) is 1.02. The molecule has 0 radical (unpaired) electrons. The second-order valence-electron chi connectivity index (χ2n) is 5.12. The zero-order valence-electron chi connectivity index (χ0n) is 11.9. The number of benzene rings is 2. The number of hydrogen-bond donors (Lipinski definition) is 2. The van der Waals surface area contributed by atoms with E-state index < -0.39 is 0 Å². The largest absolute Gasteiger partial charge is 0.392 e. The van der Waals surface area contributed by atoms with Gasteiger partial charge in [-0.1, -0.05) is 36.4 Å². The summed E-state index contributed by atoms with van der Waals surface area (Å²) in [6, 6.07) is 16.2. The molecule has 3 N–H and O–H groups in total. The topological polar surface area (TPSA) is 64.1 Å². The highest BCUT2D eigenvalue weighted by Gasteiger charge is 2.10. The maximum atomic E-state index is 9.11. The van der Waals surface area contributed by atoms with Crippen molar-refractivity contribution in [2.75, 3.05) is 6.54 Å². The van der Waals surface area contributed by atoms with Crippen LogP contribution in [0.2, 0.25) is 0 Å². The van der Waals surface area contributed by atoms with Gasteiger partial charge in [0.15, 0.2) is 0 Å². The first kappa shape index (κ1) is 13.8. The quantitative estimate of drug-likeness (QED) is 0.752. The molecule has 4 nitrogen and oxygen atoms in total. The standard InChI is InChI=1S/C17H19N3O/c18-10-9-17-19-15-3-1-2-4-16(15)20(17)11-13-5-7-14(12-21)8-6-13/h1-8,21H,9-12,18H2. The number of fused-ring (bicyclic) bond motifs is 1. The Morgan fingerprint density at radius 3 is 2.43 bits per heavy atom. The first-order valence-electron chi connectivity index (χ1n) is 7.14. The lowest BCUT2D eigenvalue weighted by molar-refractivity contribution is 0.282. The molecule has 1 aromatic heterocycles. The van der Waals surface area contributed by atoms with Crippen molar-refractivity contribution >= 4 is 11.0 Å². The van der Waals surface area contributed by atoms with Gasteiger partial charge in [-0.15, -0.1) is 0 Å². The zero-order chi connectivity index (χ0) is 14.7. The lowest BCUT2D eigenvalue weighted by Gasteiger charge is -2.09. The van der Waals surface area contributed by atoms with Crippen molar-refractivity contribution in [1.29, 1.82) is 0 Å². The number of aliphatic hydroxyl groups is 1. The van der Waals surface area contributed by atoms with E-state index in [-0.39, 0.29) is 6.61 Å². The molecule has 0 aliphatic heterocycles. The second-order valence-corrected chi connectivity index (χ2v) is 5.12. The van der Waals surface area contributed by atoms with E-state index in [1.165, 1.54) is 5.56 Å². The third kappa shape index (κ3) is 2.82. The highest BCUT2D eigenvalue weighted by Crippen LogP contribution is 2.18. The molecule has 0 saturated carbocycles. The minimum Gasteiger partial charge on any atom is -0.392 e. The lowest BCUT2D eigenvalue weighted by Crippen LogP contribution is -2.11. The van der Waals surface area contributed by atoms with Gasteiger partial charge in [0.1, 0.15) is 5.82 Å². The Balaban J connectivity index is 1.99. The van der Waals surface area contributed by atoms with Gasteiger partial charge in [0.25, 0.3) is 0 Å². The second kappa shape index (κ2) is 6.08. The molecule has 0 amide bonds. The molecule has 0 aliphatic carbocycles. The molecule has 4 heteroatoms. The Hall–Kier alpha value is -2.17. The van der Waals surface area contributed by atoms with Gasteiger partial charge in [0.05, 0.1) is 17.6 Å². The Kier molecular flexibility index (Phi) is 3.99. The summed E-state index contributed by atoms with van der Waals surface area (Å²) < 4.78 is 2.22. The van der Waals surface area contributed by atoms with E-state index >= 15 is 0 Å². The van der Waals surface area contributed by atoms with Crippen LogP contribution in [0.1, 0.15) is 17.0 Å². The molecule has 108 valence electrons. The van der Waals surface area contributed by atoms with Gasteiger partial charge in [0.2, 0.25) is 0 Å². The predicted molar refractivity (Wildman–Crippen MR) is 84.0 cm³/mol. The van der Waals surface area contributed by atoms with E-state index in [2.05, 4.69) is 15.6 Å². The van der Waals surface area contributed by atoms with Gasteiger partial charge in [-0.2, -0.15) is 0 Å². The van der Waals surface area contributed by atoms with Crippen LogP contribution < -0.4 is 5.73 Å². The number of nitrogens with zero attached hydrogens (tertiary/aromatic N) is 2. The monoisotopic (exact) mass is 281 g/mol. The summed E-state index contributed by atoms with van der Waals surface area (Å²) in [5.41, 5.74) is 9.96. The summed E-state index contributed by atoms with van der Waals surface area (Å²) in [5, 5.41) is 9.11. The Bertz CT molecular complexity index is 731. The SMILES string of the molecule is NCCc1nc2ccccc2n1Cc1ccc(CO)cc1. The van der Waals surface area contributed by atoms with Gasteiger partial charge >= 0.3 is 0 Å². The molecular weight excluding hydrogens is 262 g/mol. The van der Waals surface area contributed by atoms with Crippen LogP contribution in [0, 0.1) is 0 Å². The van der Waals surface area contributed by atoms with Crippen LogP contribution in [-0.4, -0.2) is 21.2 Å². The molecule has 2 aromatic carbocycles. The van der Waals surface area contributed by atoms with Crippen molar-refractivity contribution in [3.05, 3.63) is 65.5 Å². The average Bonchev–Trinajstić information content (AvgIpc) is 2.86. The summed E-state index contributed by atoms with van der Waals surface area (Å²) in [7, 11) is 0. The molecule has 3 rings (SSSR count). The van der Waals surface area contributed by atoms with Crippen molar-refractivity contribution in [3.8, 4) is 0 Å². The van der Waals surface area contributed by atoms with E-state index in [9.17, 15) is 0 Å². The van der Waals surface area contributed by atoms with Gasteiger partial charge in [-0.05, 0) is 29.8 Å². The number of rotatable bonds is 5. The molecule has 21 heavy (non-hydrogen) atoms. The fourth-order valence-electron chi connectivity index (χ4n) is 2.55. The fraction of sp³-hybridized carbons (Fsp3) is 0.235. The highest BCUT2D eigenvalue weighted by atomic mass is 16.3. The predicted octanol–water partition coefficient (Wildman–Crippen LogP) is 2.08. The summed E-state index contributed by atoms with van der Waals surface area (Å²) in [4.78, 5) is 4.68. The summed E-state index contributed by atoms with van der Waals surface area (Å²) in [6.45, 7) is 1.43. The molecule has 0 aliphatic rings. The van der Waals surface area contributed by atoms with Crippen molar-refractivity contribution in [3.63, 3.8) is 0 Å². The van der Waals surface area contributed by atoms with Crippen LogP contribution in [0.3, 0.4) is 0 Å². The lowest BCUT2D eigenvalue weighted by atomic mass is 10.1. The minimum absolute atomic E-state index is 0.0761. The minimum atomic E-state index is 0.0761. The Morgan fingerprint density at radius 1 is 1.00 bits per heavy atom. The number of imidazole rings is 1. The molecular formula is C17H19N3O. The number of aromatic nitrogens is 2. The number of aliphatic hydroxyl groups excluding tert-OH is 1. The van der Waals surface area contributed by atoms with Gasteiger partial charge in [-0.25, -0.2) is 4.98 Å². The van der Waals surface area contributed by atoms with E-state index in [0.29, 0.717) is 6.54 Å². The maximum Gasteiger partial charge on any atom is 0.111 e. The van der Waals surface area contributed by atoms with Crippen LogP contribution >= 0.6 is 0 Å². The van der Waals surface area contributed by atoms with Crippen molar-refractivity contribution in [2.24, 2.45) is 5.73 Å². The first-order valence-corrected chi connectivity index (χ1v) is 7.14. The van der Waals surface area contributed by atoms with Gasteiger partial charge in [0, 0.05) is 13.0 Å². The molecule has 0 unspecified atom stereocenters. The van der Waals surface area contributed by atoms with Crippen molar-refractivity contribution in [2.45, 2.75) is 19.6 Å². The molecule has 1 heterocycles. The molecule has 0 spiro atoms. The van der Waals surface area contributed by atoms with Crippen LogP contribution in [0.25, 0.3) is 11.0 Å². The van der Waals surface area contributed by atoms with Crippen LogP contribution in [0.15, 0.2) is 48.5 Å². The molecule has 0 atom stereocenters. The van der Waals surface area contributed by atoms with Crippen LogP contribution in [-0.2, 0) is 19.6 Å². The van der Waals surface area contributed by atoms with E-state index in [1.54, 1.807) is 0 Å². The highest BCUT2D eigenvalue weighted by molar-refractivity contribution is 5.76. The summed E-state index contributed by atoms with van der Waals surface area (Å²) >= 11 is 0. The third-order valence-corrected chi connectivity index (χ3v) is 3.65. The van der Waals surface area contributed by atoms with Crippen molar-refractivity contribution < 1.29 is 5.11 Å². The van der Waals surface area contributed by atoms with E-state index in [0.717, 1.165) is 35.4 Å². The van der Waals surface area contributed by atoms with E-state index in [1.807, 2.05) is 42.5 Å². The molecule has 0 fully saturated rings. The summed E-state index contributed by atoms with van der Waals surface area (Å²) in [6.07, 6.45) is 0.767.